The highest BCUT2D eigenvalue weighted by Gasteiger charge is 2.17. The molecule has 0 saturated heterocycles. The lowest BCUT2D eigenvalue weighted by Crippen LogP contribution is -2.15. The fourth-order valence-electron chi connectivity index (χ4n) is 2.17. The SMILES string of the molecule is CCOc1ccc(C(=O)COC(=O)c2cc(OC)ccc2OC)cc1. The molecule has 0 unspecified atom stereocenters. The van der Waals surface area contributed by atoms with Crippen LogP contribution in [-0.2, 0) is 4.74 Å². The average Bonchev–Trinajstić information content (AvgIpc) is 2.66. The summed E-state index contributed by atoms with van der Waals surface area (Å²) in [7, 11) is 2.94. The van der Waals surface area contributed by atoms with Crippen molar-refractivity contribution in [2.24, 2.45) is 0 Å². The number of carbonyl (C=O) groups excluding carboxylic acids is 2. The lowest BCUT2D eigenvalue weighted by molar-refractivity contribution is 0.0471. The van der Waals surface area contributed by atoms with E-state index in [1.54, 1.807) is 36.4 Å². The molecule has 6 nitrogen and oxygen atoms in total. The summed E-state index contributed by atoms with van der Waals surface area (Å²) in [5.74, 6) is 0.551. The van der Waals surface area contributed by atoms with Crippen LogP contribution in [0.3, 0.4) is 0 Å². The number of ketones is 1. The first-order chi connectivity index (χ1) is 12.1. The molecule has 2 rings (SSSR count). The maximum absolute atomic E-state index is 12.2. The van der Waals surface area contributed by atoms with E-state index in [2.05, 4.69) is 0 Å². The molecule has 0 spiro atoms. The summed E-state index contributed by atoms with van der Waals surface area (Å²) in [6.45, 7) is 2.06. The standard InChI is InChI=1S/C19H20O6/c1-4-24-14-7-5-13(6-8-14)17(20)12-25-19(21)16-11-15(22-2)9-10-18(16)23-3/h5-11H,4,12H2,1-3H3. The molecule has 0 amide bonds. The Kier molecular flexibility index (Phi) is 6.39. The molecule has 0 fully saturated rings. The van der Waals surface area contributed by atoms with Crippen molar-refractivity contribution in [2.45, 2.75) is 6.92 Å². The topological polar surface area (TPSA) is 71.1 Å². The molecule has 0 aromatic heterocycles. The number of carbonyl (C=O) groups is 2. The zero-order valence-corrected chi connectivity index (χ0v) is 14.4. The van der Waals surface area contributed by atoms with Crippen molar-refractivity contribution in [3.8, 4) is 17.2 Å². The van der Waals surface area contributed by atoms with Gasteiger partial charge in [-0.3, -0.25) is 4.79 Å². The molecule has 0 bridgehead atoms. The number of hydrogen-bond acceptors (Lipinski definition) is 6. The van der Waals surface area contributed by atoms with E-state index < -0.39 is 5.97 Å². The summed E-state index contributed by atoms with van der Waals surface area (Å²) in [6.07, 6.45) is 0. The van der Waals surface area contributed by atoms with Gasteiger partial charge in [-0.05, 0) is 49.4 Å². The second-order valence-electron chi connectivity index (χ2n) is 5.02. The smallest absolute Gasteiger partial charge is 0.342 e. The van der Waals surface area contributed by atoms with Gasteiger partial charge in [0.2, 0.25) is 0 Å². The molecule has 0 radical (unpaired) electrons. The van der Waals surface area contributed by atoms with Crippen molar-refractivity contribution in [1.29, 1.82) is 0 Å². The third kappa shape index (κ3) is 4.73. The van der Waals surface area contributed by atoms with Crippen molar-refractivity contribution in [1.82, 2.24) is 0 Å². The Bertz CT molecular complexity index is 736. The Labute approximate surface area is 146 Å². The van der Waals surface area contributed by atoms with Gasteiger partial charge in [-0.1, -0.05) is 0 Å². The quantitative estimate of drug-likeness (QED) is 0.541. The maximum atomic E-state index is 12.2. The summed E-state index contributed by atoms with van der Waals surface area (Å²) < 4.78 is 20.7. The predicted molar refractivity (Wildman–Crippen MR) is 91.8 cm³/mol. The van der Waals surface area contributed by atoms with Crippen LogP contribution in [0.1, 0.15) is 27.6 Å². The Morgan fingerprint density at radius 1 is 0.920 bits per heavy atom. The van der Waals surface area contributed by atoms with Crippen LogP contribution in [0.25, 0.3) is 0 Å². The molecule has 2 aromatic rings. The Balaban J connectivity index is 2.02. The Morgan fingerprint density at radius 2 is 1.60 bits per heavy atom. The lowest BCUT2D eigenvalue weighted by Gasteiger charge is -2.10. The van der Waals surface area contributed by atoms with Crippen LogP contribution in [0.5, 0.6) is 17.2 Å². The summed E-state index contributed by atoms with van der Waals surface area (Å²) in [4.78, 5) is 24.4. The highest BCUT2D eigenvalue weighted by atomic mass is 16.5. The van der Waals surface area contributed by atoms with Crippen molar-refractivity contribution in [3.63, 3.8) is 0 Å². The van der Waals surface area contributed by atoms with Crippen LogP contribution < -0.4 is 14.2 Å². The van der Waals surface area contributed by atoms with E-state index in [9.17, 15) is 9.59 Å². The van der Waals surface area contributed by atoms with E-state index in [1.807, 2.05) is 6.92 Å². The molecule has 6 heteroatoms. The Hall–Kier alpha value is -3.02. The highest BCUT2D eigenvalue weighted by Crippen LogP contribution is 2.24. The lowest BCUT2D eigenvalue weighted by atomic mass is 10.1. The summed E-state index contributed by atoms with van der Waals surface area (Å²) in [6, 6.07) is 11.4. The van der Waals surface area contributed by atoms with Gasteiger partial charge in [-0.2, -0.15) is 0 Å². The third-order valence-electron chi connectivity index (χ3n) is 3.45. The number of hydrogen-bond donors (Lipinski definition) is 0. The fourth-order valence-corrected chi connectivity index (χ4v) is 2.17. The van der Waals surface area contributed by atoms with Crippen molar-refractivity contribution in [2.75, 3.05) is 27.4 Å². The van der Waals surface area contributed by atoms with E-state index in [4.69, 9.17) is 18.9 Å². The first-order valence-corrected chi connectivity index (χ1v) is 7.74. The van der Waals surface area contributed by atoms with Gasteiger partial charge in [0.25, 0.3) is 0 Å². The van der Waals surface area contributed by atoms with E-state index in [-0.39, 0.29) is 18.0 Å². The number of esters is 1. The van der Waals surface area contributed by atoms with Gasteiger partial charge in [0.15, 0.2) is 12.4 Å². The molecule has 0 aliphatic carbocycles. The molecule has 0 saturated carbocycles. The van der Waals surface area contributed by atoms with Crippen LogP contribution in [0.2, 0.25) is 0 Å². The van der Waals surface area contributed by atoms with E-state index in [0.717, 1.165) is 0 Å². The predicted octanol–water partition coefficient (Wildman–Crippen LogP) is 3.14. The largest absolute Gasteiger partial charge is 0.497 e. The molecule has 0 atom stereocenters. The molecule has 0 aliphatic heterocycles. The van der Waals surface area contributed by atoms with Gasteiger partial charge in [-0.25, -0.2) is 4.79 Å². The van der Waals surface area contributed by atoms with Crippen molar-refractivity contribution in [3.05, 3.63) is 53.6 Å². The minimum atomic E-state index is -0.657. The van der Waals surface area contributed by atoms with Gasteiger partial charge in [0.05, 0.1) is 20.8 Å². The summed E-state index contributed by atoms with van der Waals surface area (Å²) in [5.41, 5.74) is 0.634. The third-order valence-corrected chi connectivity index (χ3v) is 3.45. The first kappa shape index (κ1) is 18.3. The number of benzene rings is 2. The number of rotatable bonds is 8. The van der Waals surface area contributed by atoms with Crippen LogP contribution in [0, 0.1) is 0 Å². The van der Waals surface area contributed by atoms with Crippen molar-refractivity contribution >= 4 is 11.8 Å². The zero-order valence-electron chi connectivity index (χ0n) is 14.4. The fraction of sp³-hybridized carbons (Fsp3) is 0.263. The second kappa shape index (κ2) is 8.73. The van der Waals surface area contributed by atoms with Crippen LogP contribution >= 0.6 is 0 Å². The minimum Gasteiger partial charge on any atom is -0.497 e. The molecule has 132 valence electrons. The summed E-state index contributed by atoms with van der Waals surface area (Å²) in [5, 5.41) is 0. The average molecular weight is 344 g/mol. The zero-order chi connectivity index (χ0) is 18.2. The van der Waals surface area contributed by atoms with Crippen molar-refractivity contribution < 1.29 is 28.5 Å². The number of Topliss-reactive ketones (excluding diaryl/α,β-unsaturated/α-hetero) is 1. The van der Waals surface area contributed by atoms with Gasteiger partial charge >= 0.3 is 5.97 Å². The monoisotopic (exact) mass is 344 g/mol. The number of ether oxygens (including phenoxy) is 4. The normalized spacial score (nSPS) is 10.0. The molecule has 25 heavy (non-hydrogen) atoms. The van der Waals surface area contributed by atoms with Gasteiger partial charge < -0.3 is 18.9 Å². The number of methoxy groups -OCH3 is 2. The van der Waals surface area contributed by atoms with E-state index in [0.29, 0.717) is 29.4 Å². The molecular weight excluding hydrogens is 324 g/mol. The summed E-state index contributed by atoms with van der Waals surface area (Å²) >= 11 is 0. The van der Waals surface area contributed by atoms with Gasteiger partial charge in [-0.15, -0.1) is 0 Å². The van der Waals surface area contributed by atoms with Crippen LogP contribution in [-0.4, -0.2) is 39.2 Å². The minimum absolute atomic E-state index is 0.196. The maximum Gasteiger partial charge on any atom is 0.342 e. The van der Waals surface area contributed by atoms with Crippen LogP contribution in [0.4, 0.5) is 0 Å². The molecule has 0 aliphatic rings. The van der Waals surface area contributed by atoms with Gasteiger partial charge in [0, 0.05) is 5.56 Å². The second-order valence-corrected chi connectivity index (χ2v) is 5.02. The first-order valence-electron chi connectivity index (χ1n) is 7.74. The molecular formula is C19H20O6. The molecule has 2 aromatic carbocycles. The van der Waals surface area contributed by atoms with Gasteiger partial charge in [0.1, 0.15) is 22.8 Å². The van der Waals surface area contributed by atoms with E-state index >= 15 is 0 Å². The Morgan fingerprint density at radius 3 is 2.20 bits per heavy atom. The van der Waals surface area contributed by atoms with E-state index in [1.165, 1.54) is 20.3 Å². The van der Waals surface area contributed by atoms with Crippen LogP contribution in [0.15, 0.2) is 42.5 Å². The highest BCUT2D eigenvalue weighted by molar-refractivity contribution is 6.00. The molecule has 0 heterocycles. The molecule has 0 N–H and O–H groups in total.